The highest BCUT2D eigenvalue weighted by atomic mass is 16.7. The van der Waals surface area contributed by atoms with Crippen molar-refractivity contribution in [2.75, 3.05) is 19.6 Å². The molecule has 0 aromatic heterocycles. The van der Waals surface area contributed by atoms with E-state index in [1.54, 1.807) is 24.3 Å². The monoisotopic (exact) mass is 602 g/mol. The Kier molecular flexibility index (Phi) is 8.59. The van der Waals surface area contributed by atoms with Gasteiger partial charge < -0.3 is 19.5 Å². The van der Waals surface area contributed by atoms with Crippen LogP contribution in [0.15, 0.2) is 97.1 Å². The number of nitrogens with zero attached hydrogens (tertiary/aromatic N) is 2. The Morgan fingerprint density at radius 2 is 1.38 bits per heavy atom. The molecule has 0 radical (unpaired) electrons. The molecule has 7 nitrogen and oxygen atoms in total. The molecular formula is C38H38N2O5. The highest BCUT2D eigenvalue weighted by molar-refractivity contribution is 6.21. The van der Waals surface area contributed by atoms with Crippen LogP contribution in [0.4, 0.5) is 0 Å². The lowest BCUT2D eigenvalue weighted by Crippen LogP contribution is -2.41. The van der Waals surface area contributed by atoms with Gasteiger partial charge in [0.15, 0.2) is 6.29 Å². The molecule has 3 atom stereocenters. The van der Waals surface area contributed by atoms with E-state index in [4.69, 9.17) is 9.47 Å². The van der Waals surface area contributed by atoms with Gasteiger partial charge in [-0.2, -0.15) is 0 Å². The molecule has 0 saturated carbocycles. The van der Waals surface area contributed by atoms with E-state index in [-0.39, 0.29) is 37.2 Å². The normalized spacial score (nSPS) is 22.1. The first kappa shape index (κ1) is 29.6. The van der Waals surface area contributed by atoms with Crippen molar-refractivity contribution >= 4 is 11.8 Å². The maximum Gasteiger partial charge on any atom is 0.261 e. The summed E-state index contributed by atoms with van der Waals surface area (Å²) in [6, 6.07) is 31.2. The fourth-order valence-electron chi connectivity index (χ4n) is 6.74. The summed E-state index contributed by atoms with van der Waals surface area (Å²) in [5.41, 5.74) is 6.70. The van der Waals surface area contributed by atoms with Crippen LogP contribution in [0.2, 0.25) is 0 Å². The molecule has 0 spiro atoms. The molecule has 2 saturated heterocycles. The van der Waals surface area contributed by atoms with Crippen LogP contribution in [0, 0.1) is 0 Å². The molecule has 0 unspecified atom stereocenters. The van der Waals surface area contributed by atoms with Gasteiger partial charge in [-0.25, -0.2) is 0 Å². The van der Waals surface area contributed by atoms with Crippen LogP contribution in [0.5, 0.6) is 0 Å². The van der Waals surface area contributed by atoms with Gasteiger partial charge in [0.2, 0.25) is 0 Å². The number of likely N-dealkylation sites (tertiary alicyclic amines) is 1. The number of benzene rings is 4. The minimum atomic E-state index is -0.530. The van der Waals surface area contributed by atoms with Crippen LogP contribution in [0.3, 0.4) is 0 Å². The van der Waals surface area contributed by atoms with E-state index in [0.29, 0.717) is 11.1 Å². The van der Waals surface area contributed by atoms with E-state index in [0.717, 1.165) is 59.4 Å². The molecule has 0 bridgehead atoms. The third-order valence-corrected chi connectivity index (χ3v) is 9.16. The van der Waals surface area contributed by atoms with Gasteiger partial charge in [0.1, 0.15) is 0 Å². The third-order valence-electron chi connectivity index (χ3n) is 9.16. The van der Waals surface area contributed by atoms with Crippen LogP contribution in [-0.2, 0) is 22.6 Å². The number of hydrogen-bond donors (Lipinski definition) is 1. The zero-order valence-corrected chi connectivity index (χ0v) is 25.3. The maximum absolute atomic E-state index is 13.0. The van der Waals surface area contributed by atoms with Crippen molar-refractivity contribution in [3.05, 3.63) is 130 Å². The highest BCUT2D eigenvalue weighted by Gasteiger charge is 2.35. The van der Waals surface area contributed by atoms with Crippen LogP contribution in [0.1, 0.15) is 81.0 Å². The summed E-state index contributed by atoms with van der Waals surface area (Å²) in [6.07, 6.45) is 3.89. The zero-order valence-electron chi connectivity index (χ0n) is 25.3. The van der Waals surface area contributed by atoms with Gasteiger partial charge in [0.25, 0.3) is 11.8 Å². The van der Waals surface area contributed by atoms with Crippen molar-refractivity contribution in [3.63, 3.8) is 0 Å². The van der Waals surface area contributed by atoms with Gasteiger partial charge >= 0.3 is 0 Å². The van der Waals surface area contributed by atoms with E-state index in [9.17, 15) is 14.7 Å². The molecule has 230 valence electrons. The molecule has 3 aliphatic heterocycles. The van der Waals surface area contributed by atoms with Crippen molar-refractivity contribution in [1.82, 2.24) is 9.80 Å². The smallest absolute Gasteiger partial charge is 0.261 e. The number of imide groups is 1. The van der Waals surface area contributed by atoms with E-state index >= 15 is 0 Å². The van der Waals surface area contributed by atoms with Crippen molar-refractivity contribution in [3.8, 4) is 11.1 Å². The average molecular weight is 603 g/mol. The number of hydrogen-bond acceptors (Lipinski definition) is 6. The van der Waals surface area contributed by atoms with Crippen molar-refractivity contribution in [1.29, 1.82) is 0 Å². The number of amides is 2. The summed E-state index contributed by atoms with van der Waals surface area (Å²) in [4.78, 5) is 29.8. The number of fused-ring (bicyclic) bond motifs is 1. The Labute approximate surface area is 264 Å². The lowest BCUT2D eigenvalue weighted by molar-refractivity contribution is -0.253. The molecule has 3 heterocycles. The Morgan fingerprint density at radius 3 is 2.09 bits per heavy atom. The number of rotatable bonds is 8. The summed E-state index contributed by atoms with van der Waals surface area (Å²) in [5, 5.41) is 9.53. The summed E-state index contributed by atoms with van der Waals surface area (Å²) < 4.78 is 13.3. The lowest BCUT2D eigenvalue weighted by atomic mass is 9.98. The summed E-state index contributed by atoms with van der Waals surface area (Å²) in [7, 11) is 0. The van der Waals surface area contributed by atoms with Crippen LogP contribution in [0.25, 0.3) is 11.1 Å². The number of aliphatic hydroxyl groups is 1. The van der Waals surface area contributed by atoms with Crippen LogP contribution in [-0.4, -0.2) is 52.5 Å². The standard InChI is InChI=1S/C38H38N2O5/c41-25-26-14-16-28(17-15-26)35-22-32(24-39-18-4-1-5-19-39)44-38(45-35)31-11-7-10-30(21-31)29-9-6-8-27(20-29)23-40-36(42)33-12-2-3-13-34(33)37(40)43/h2-3,6-17,20-21,32,35,38,41H,1,4-5,18-19,22-25H2/t32-,35+,38+/m1/s1. The molecule has 4 aromatic carbocycles. The number of piperidine rings is 1. The van der Waals surface area contributed by atoms with E-state index < -0.39 is 6.29 Å². The van der Waals surface area contributed by atoms with E-state index in [2.05, 4.69) is 17.0 Å². The first-order chi connectivity index (χ1) is 22.1. The van der Waals surface area contributed by atoms with Gasteiger partial charge in [-0.3, -0.25) is 14.5 Å². The first-order valence-electron chi connectivity index (χ1n) is 15.9. The van der Waals surface area contributed by atoms with E-state index in [1.165, 1.54) is 24.2 Å². The van der Waals surface area contributed by atoms with Gasteiger partial charge in [0, 0.05) is 18.5 Å². The molecule has 1 N–H and O–H groups in total. The summed E-state index contributed by atoms with van der Waals surface area (Å²) >= 11 is 0. The van der Waals surface area contributed by atoms with Crippen LogP contribution >= 0.6 is 0 Å². The molecule has 7 rings (SSSR count). The number of carbonyl (C=O) groups is 2. The largest absolute Gasteiger partial charge is 0.392 e. The minimum Gasteiger partial charge on any atom is -0.392 e. The second-order valence-corrected chi connectivity index (χ2v) is 12.3. The van der Waals surface area contributed by atoms with Crippen LogP contribution < -0.4 is 0 Å². The maximum atomic E-state index is 13.0. The average Bonchev–Trinajstić information content (AvgIpc) is 3.33. The summed E-state index contributed by atoms with van der Waals surface area (Å²) in [6.45, 7) is 3.32. The van der Waals surface area contributed by atoms with Crippen molar-refractivity contribution < 1.29 is 24.2 Å². The van der Waals surface area contributed by atoms with Gasteiger partial charge in [-0.1, -0.05) is 79.2 Å². The fraction of sp³-hybridized carbons (Fsp3) is 0.316. The number of ether oxygens (including phenoxy) is 2. The predicted molar refractivity (Wildman–Crippen MR) is 171 cm³/mol. The second kappa shape index (κ2) is 13.1. The zero-order chi connectivity index (χ0) is 30.8. The SMILES string of the molecule is O=C1c2ccccc2C(=O)N1Cc1cccc(-c2cccc([C@H]3O[C@@H](CN4CCCCC4)C[C@@H](c4ccc(CO)cc4)O3)c2)c1. The van der Waals surface area contributed by atoms with Gasteiger partial charge in [-0.05, 0) is 78.0 Å². The molecule has 7 heteroatoms. The molecule has 0 aliphatic carbocycles. The van der Waals surface area contributed by atoms with Gasteiger partial charge in [-0.15, -0.1) is 0 Å². The molecule has 2 fully saturated rings. The molecule has 45 heavy (non-hydrogen) atoms. The van der Waals surface area contributed by atoms with Crippen molar-refractivity contribution in [2.24, 2.45) is 0 Å². The van der Waals surface area contributed by atoms with Gasteiger partial charge in [0.05, 0.1) is 36.5 Å². The topological polar surface area (TPSA) is 79.3 Å². The summed E-state index contributed by atoms with van der Waals surface area (Å²) in [5.74, 6) is -0.511. The molecule has 3 aliphatic rings. The fourth-order valence-corrected chi connectivity index (χ4v) is 6.74. The number of aliphatic hydroxyl groups excluding tert-OH is 1. The quantitative estimate of drug-likeness (QED) is 0.227. The lowest BCUT2D eigenvalue weighted by Gasteiger charge is -2.39. The molecular weight excluding hydrogens is 564 g/mol. The molecule has 2 amide bonds. The predicted octanol–water partition coefficient (Wildman–Crippen LogP) is 6.67. The highest BCUT2D eigenvalue weighted by Crippen LogP contribution is 2.39. The van der Waals surface area contributed by atoms with Crippen molar-refractivity contribution in [2.45, 2.75) is 57.3 Å². The third kappa shape index (κ3) is 6.35. The Balaban J connectivity index is 1.12. The van der Waals surface area contributed by atoms with E-state index in [1.807, 2.05) is 60.7 Å². The number of carbonyl (C=O) groups excluding carboxylic acids is 2. The Hall–Kier alpha value is -4.14. The Bertz CT molecular complexity index is 1640. The molecule has 4 aromatic rings. The minimum absolute atomic E-state index is 0.0153. The first-order valence-corrected chi connectivity index (χ1v) is 15.9. The Morgan fingerprint density at radius 1 is 0.689 bits per heavy atom. The second-order valence-electron chi connectivity index (χ2n) is 12.3.